The van der Waals surface area contributed by atoms with Crippen LogP contribution in [-0.4, -0.2) is 5.97 Å². The largest absolute Gasteiger partial charge is 0.423 e. The molecule has 3 nitrogen and oxygen atoms in total. The van der Waals surface area contributed by atoms with Gasteiger partial charge in [0.05, 0.1) is 11.5 Å². The van der Waals surface area contributed by atoms with Gasteiger partial charge < -0.3 is 4.74 Å². The number of halogens is 2. The van der Waals surface area contributed by atoms with Crippen LogP contribution in [0.1, 0.15) is 122 Å². The lowest BCUT2D eigenvalue weighted by molar-refractivity contribution is -0.140. The molecule has 1 aromatic carbocycles. The first-order chi connectivity index (χ1) is 17.0. The van der Waals surface area contributed by atoms with Crippen LogP contribution in [0.25, 0.3) is 0 Å². The predicted octanol–water partition coefficient (Wildman–Crippen LogP) is 8.89. The Balaban J connectivity index is 1.29. The molecule has 0 aliphatic heterocycles. The van der Waals surface area contributed by atoms with Crippen molar-refractivity contribution in [1.29, 1.82) is 5.26 Å². The summed E-state index contributed by atoms with van der Waals surface area (Å²) in [6, 6.07) is 3.88. The number of carbonyl (C=O) groups is 1. The molecule has 0 N–H and O–H groups in total. The zero-order chi connectivity index (χ0) is 25.0. The van der Waals surface area contributed by atoms with E-state index in [0.29, 0.717) is 5.92 Å². The number of nitriles is 1. The lowest BCUT2D eigenvalue weighted by atomic mass is 9.75. The highest BCUT2D eigenvalue weighted by atomic mass is 19.2. The van der Waals surface area contributed by atoms with Crippen molar-refractivity contribution in [3.05, 3.63) is 29.3 Å². The minimum atomic E-state index is -1.27. The van der Waals surface area contributed by atoms with Crippen molar-refractivity contribution in [2.45, 2.75) is 116 Å². The fourth-order valence-electron chi connectivity index (χ4n) is 6.07. The number of ether oxygens (including phenoxy) is 1. The molecule has 0 amide bonds. The van der Waals surface area contributed by atoms with Crippen LogP contribution in [0, 0.1) is 46.6 Å². The van der Waals surface area contributed by atoms with E-state index in [4.69, 9.17) is 10.00 Å². The van der Waals surface area contributed by atoms with Crippen molar-refractivity contribution in [2.75, 3.05) is 0 Å². The van der Waals surface area contributed by atoms with Gasteiger partial charge >= 0.3 is 5.97 Å². The zero-order valence-corrected chi connectivity index (χ0v) is 21.5. The molecule has 2 fully saturated rings. The molecule has 2 aliphatic carbocycles. The smallest absolute Gasteiger partial charge is 0.314 e. The van der Waals surface area contributed by atoms with E-state index < -0.39 is 28.9 Å². The van der Waals surface area contributed by atoms with E-state index in [9.17, 15) is 13.6 Å². The van der Waals surface area contributed by atoms with Gasteiger partial charge in [-0.2, -0.15) is 9.65 Å². The highest BCUT2D eigenvalue weighted by Gasteiger charge is 2.30. The van der Waals surface area contributed by atoms with Crippen molar-refractivity contribution in [3.63, 3.8) is 0 Å². The maximum absolute atomic E-state index is 14.1. The minimum Gasteiger partial charge on any atom is -0.423 e. The van der Waals surface area contributed by atoms with E-state index in [1.807, 2.05) is 0 Å². The predicted molar refractivity (Wildman–Crippen MR) is 135 cm³/mol. The molecule has 0 bridgehead atoms. The molecule has 1 aromatic rings. The molecule has 0 spiro atoms. The summed E-state index contributed by atoms with van der Waals surface area (Å²) in [7, 11) is 0. The summed E-state index contributed by atoms with van der Waals surface area (Å²) in [5.74, 6) is -1.24. The number of carbonyl (C=O) groups excluding carboxylic acids is 1. The second kappa shape index (κ2) is 14.6. The summed E-state index contributed by atoms with van der Waals surface area (Å²) >= 11 is 0. The second-order valence-electron chi connectivity index (χ2n) is 11.0. The van der Waals surface area contributed by atoms with E-state index in [0.717, 1.165) is 49.7 Å². The molecule has 35 heavy (non-hydrogen) atoms. The van der Waals surface area contributed by atoms with Crippen LogP contribution in [-0.2, 0) is 4.79 Å². The first-order valence-electron chi connectivity index (χ1n) is 14.1. The summed E-state index contributed by atoms with van der Waals surface area (Å²) < 4.78 is 33.0. The summed E-state index contributed by atoms with van der Waals surface area (Å²) in [5, 5.41) is 8.78. The molecular weight excluding hydrogens is 444 g/mol. The molecule has 3 rings (SSSR count). The van der Waals surface area contributed by atoms with Gasteiger partial charge in [-0.1, -0.05) is 90.4 Å². The Morgan fingerprint density at radius 1 is 0.829 bits per heavy atom. The first-order valence-corrected chi connectivity index (χ1v) is 14.1. The van der Waals surface area contributed by atoms with Crippen LogP contribution in [0.4, 0.5) is 8.78 Å². The van der Waals surface area contributed by atoms with Gasteiger partial charge in [-0.15, -0.1) is 0 Å². The Labute approximate surface area is 210 Å². The first kappa shape index (κ1) is 27.6. The van der Waals surface area contributed by atoms with Crippen LogP contribution in [0.2, 0.25) is 0 Å². The second-order valence-corrected chi connectivity index (χ2v) is 11.0. The van der Waals surface area contributed by atoms with Crippen LogP contribution < -0.4 is 4.74 Å². The van der Waals surface area contributed by atoms with Gasteiger partial charge in [0.2, 0.25) is 5.82 Å². The number of esters is 1. The van der Waals surface area contributed by atoms with Crippen molar-refractivity contribution in [1.82, 2.24) is 0 Å². The maximum Gasteiger partial charge on any atom is 0.314 e. The van der Waals surface area contributed by atoms with Gasteiger partial charge in [-0.05, 0) is 55.6 Å². The average molecular weight is 488 g/mol. The summed E-state index contributed by atoms with van der Waals surface area (Å²) in [5.41, 5.74) is -0.394. The molecule has 2 saturated carbocycles. The Bertz CT molecular complexity index is 833. The Kier molecular flexibility index (Phi) is 11.5. The van der Waals surface area contributed by atoms with Gasteiger partial charge in [-0.3, -0.25) is 4.79 Å². The standard InChI is InChI=1S/C30H43F2NO2/c1-2-3-4-5-6-7-8-22-9-11-23(12-10-22)13-14-24-15-17-25(18-16-24)30(34)35-27-20-19-26(21-33)28(31)29(27)32/h19-20,22-25H,2-18H2,1H3/t22-,23-,24-,25-. The minimum absolute atomic E-state index is 0.262. The third kappa shape index (κ3) is 8.58. The third-order valence-corrected chi connectivity index (χ3v) is 8.47. The van der Waals surface area contributed by atoms with Crippen LogP contribution >= 0.6 is 0 Å². The van der Waals surface area contributed by atoms with Crippen LogP contribution in [0.5, 0.6) is 5.75 Å². The summed E-state index contributed by atoms with van der Waals surface area (Å²) in [4.78, 5) is 12.5. The monoisotopic (exact) mass is 487 g/mol. The normalized spacial score (nSPS) is 24.6. The number of hydrogen-bond donors (Lipinski definition) is 0. The van der Waals surface area contributed by atoms with E-state index in [1.165, 1.54) is 83.5 Å². The highest BCUT2D eigenvalue weighted by molar-refractivity contribution is 5.75. The van der Waals surface area contributed by atoms with Crippen LogP contribution in [0.3, 0.4) is 0 Å². The molecule has 0 atom stereocenters. The third-order valence-electron chi connectivity index (χ3n) is 8.47. The van der Waals surface area contributed by atoms with Gasteiger partial charge in [0.1, 0.15) is 6.07 Å². The summed E-state index contributed by atoms with van der Waals surface area (Å²) in [6.07, 6.45) is 21.4. The summed E-state index contributed by atoms with van der Waals surface area (Å²) in [6.45, 7) is 2.27. The van der Waals surface area contributed by atoms with E-state index >= 15 is 0 Å². The molecule has 0 heterocycles. The van der Waals surface area contributed by atoms with Crippen molar-refractivity contribution in [2.24, 2.45) is 23.7 Å². The lowest BCUT2D eigenvalue weighted by Crippen LogP contribution is -2.26. The van der Waals surface area contributed by atoms with Gasteiger partial charge in [0.15, 0.2) is 11.6 Å². The molecule has 0 radical (unpaired) electrons. The Morgan fingerprint density at radius 2 is 1.37 bits per heavy atom. The quantitative estimate of drug-likeness (QED) is 0.168. The van der Waals surface area contributed by atoms with E-state index in [-0.39, 0.29) is 5.92 Å². The molecule has 5 heteroatoms. The molecule has 0 saturated heterocycles. The maximum atomic E-state index is 14.1. The molecule has 2 aliphatic rings. The molecule has 0 aromatic heterocycles. The fraction of sp³-hybridized carbons (Fsp3) is 0.733. The van der Waals surface area contributed by atoms with Crippen molar-refractivity contribution < 1.29 is 18.3 Å². The fourth-order valence-corrected chi connectivity index (χ4v) is 6.07. The van der Waals surface area contributed by atoms with Gasteiger partial charge in [0.25, 0.3) is 0 Å². The molecule has 194 valence electrons. The molecular formula is C30H43F2NO2. The Hall–Kier alpha value is -1.96. The average Bonchev–Trinajstić information content (AvgIpc) is 2.88. The number of benzene rings is 1. The number of unbranched alkanes of at least 4 members (excludes halogenated alkanes) is 5. The highest BCUT2D eigenvalue weighted by Crippen LogP contribution is 2.38. The van der Waals surface area contributed by atoms with Gasteiger partial charge in [-0.25, -0.2) is 4.39 Å². The van der Waals surface area contributed by atoms with Crippen molar-refractivity contribution in [3.8, 4) is 11.8 Å². The number of hydrogen-bond acceptors (Lipinski definition) is 3. The van der Waals surface area contributed by atoms with E-state index in [1.54, 1.807) is 6.07 Å². The topological polar surface area (TPSA) is 50.1 Å². The lowest BCUT2D eigenvalue weighted by Gasteiger charge is -2.31. The Morgan fingerprint density at radius 3 is 1.97 bits per heavy atom. The SMILES string of the molecule is CCCCCCCC[C@H]1CC[C@H](CC[C@H]2CC[C@H](C(=O)Oc3ccc(C#N)c(F)c3F)CC2)CC1. The van der Waals surface area contributed by atoms with Crippen molar-refractivity contribution >= 4 is 5.97 Å². The zero-order valence-electron chi connectivity index (χ0n) is 21.5. The number of rotatable bonds is 12. The van der Waals surface area contributed by atoms with Gasteiger partial charge in [0, 0.05) is 0 Å². The number of nitrogens with zero attached hydrogens (tertiary/aromatic N) is 1. The molecule has 0 unspecified atom stereocenters. The van der Waals surface area contributed by atoms with E-state index in [2.05, 4.69) is 6.92 Å². The van der Waals surface area contributed by atoms with Crippen LogP contribution in [0.15, 0.2) is 12.1 Å².